The zero-order chi connectivity index (χ0) is 10.6. The molecule has 1 aromatic carbocycles. The van der Waals surface area contributed by atoms with Crippen LogP contribution in [0, 0.1) is 0 Å². The highest BCUT2D eigenvalue weighted by atomic mass is 35.5. The first-order valence-corrected chi connectivity index (χ1v) is 4.83. The number of carbonyl (C=O) groups is 1. The minimum absolute atomic E-state index is 0.181. The van der Waals surface area contributed by atoms with Crippen molar-refractivity contribution >= 4 is 17.9 Å². The summed E-state index contributed by atoms with van der Waals surface area (Å²) in [5, 5.41) is 0.636. The minimum Gasteiger partial charge on any atom is -0.497 e. The maximum atomic E-state index is 10.4. The standard InChI is InChI=1S/C11H13ClO2/c1-8(3-4-13)9-5-10(12)7-11(6-9)14-2/h4-8H,3H2,1-2H3. The van der Waals surface area contributed by atoms with Crippen molar-refractivity contribution in [1.29, 1.82) is 0 Å². The van der Waals surface area contributed by atoms with E-state index in [0.717, 1.165) is 17.6 Å². The van der Waals surface area contributed by atoms with Gasteiger partial charge in [-0.3, -0.25) is 0 Å². The van der Waals surface area contributed by atoms with Crippen LogP contribution >= 0.6 is 11.6 Å². The molecule has 76 valence electrons. The van der Waals surface area contributed by atoms with Gasteiger partial charge in [-0.2, -0.15) is 0 Å². The Hall–Kier alpha value is -1.02. The van der Waals surface area contributed by atoms with Gasteiger partial charge in [-0.1, -0.05) is 18.5 Å². The normalized spacial score (nSPS) is 12.2. The highest BCUT2D eigenvalue weighted by Crippen LogP contribution is 2.26. The van der Waals surface area contributed by atoms with E-state index in [1.54, 1.807) is 13.2 Å². The first-order valence-electron chi connectivity index (χ1n) is 4.45. The summed E-state index contributed by atoms with van der Waals surface area (Å²) in [6.45, 7) is 1.99. The second-order valence-electron chi connectivity index (χ2n) is 3.23. The number of methoxy groups -OCH3 is 1. The van der Waals surface area contributed by atoms with Gasteiger partial charge in [-0.15, -0.1) is 0 Å². The van der Waals surface area contributed by atoms with Crippen LogP contribution in [0.4, 0.5) is 0 Å². The summed E-state index contributed by atoms with van der Waals surface area (Å²) in [6.07, 6.45) is 1.42. The van der Waals surface area contributed by atoms with Crippen LogP contribution in [0.15, 0.2) is 18.2 Å². The van der Waals surface area contributed by atoms with Gasteiger partial charge in [0.25, 0.3) is 0 Å². The highest BCUT2D eigenvalue weighted by molar-refractivity contribution is 6.30. The van der Waals surface area contributed by atoms with Gasteiger partial charge >= 0.3 is 0 Å². The first kappa shape index (κ1) is 11.1. The number of rotatable bonds is 4. The van der Waals surface area contributed by atoms with Crippen molar-refractivity contribution < 1.29 is 9.53 Å². The van der Waals surface area contributed by atoms with Crippen LogP contribution in [0.3, 0.4) is 0 Å². The number of carbonyl (C=O) groups excluding carboxylic acids is 1. The zero-order valence-corrected chi connectivity index (χ0v) is 9.04. The molecule has 0 spiro atoms. The molecule has 1 aromatic rings. The lowest BCUT2D eigenvalue weighted by atomic mass is 9.98. The van der Waals surface area contributed by atoms with Crippen molar-refractivity contribution in [3.05, 3.63) is 28.8 Å². The van der Waals surface area contributed by atoms with Crippen molar-refractivity contribution in [3.8, 4) is 5.75 Å². The molecular formula is C11H13ClO2. The Morgan fingerprint density at radius 3 is 2.79 bits per heavy atom. The molecule has 1 unspecified atom stereocenters. The maximum absolute atomic E-state index is 10.4. The largest absolute Gasteiger partial charge is 0.497 e. The Balaban J connectivity index is 2.96. The lowest BCUT2D eigenvalue weighted by molar-refractivity contribution is -0.108. The minimum atomic E-state index is 0.181. The van der Waals surface area contributed by atoms with Crippen LogP contribution in [0.1, 0.15) is 24.8 Å². The quantitative estimate of drug-likeness (QED) is 0.718. The van der Waals surface area contributed by atoms with E-state index in [1.807, 2.05) is 19.1 Å². The molecular weight excluding hydrogens is 200 g/mol. The Morgan fingerprint density at radius 2 is 2.21 bits per heavy atom. The lowest BCUT2D eigenvalue weighted by Crippen LogP contribution is -1.95. The molecule has 3 heteroatoms. The van der Waals surface area contributed by atoms with E-state index in [0.29, 0.717) is 11.4 Å². The van der Waals surface area contributed by atoms with Crippen molar-refractivity contribution in [2.75, 3.05) is 7.11 Å². The molecule has 0 aliphatic carbocycles. The van der Waals surface area contributed by atoms with E-state index >= 15 is 0 Å². The fourth-order valence-electron chi connectivity index (χ4n) is 1.27. The van der Waals surface area contributed by atoms with Gasteiger partial charge in [0.15, 0.2) is 0 Å². The molecule has 0 N–H and O–H groups in total. The van der Waals surface area contributed by atoms with Gasteiger partial charge in [0.1, 0.15) is 12.0 Å². The van der Waals surface area contributed by atoms with E-state index in [9.17, 15) is 4.79 Å². The van der Waals surface area contributed by atoms with E-state index in [2.05, 4.69) is 0 Å². The summed E-state index contributed by atoms with van der Waals surface area (Å²) in [6, 6.07) is 5.51. The summed E-state index contributed by atoms with van der Waals surface area (Å²) >= 11 is 5.90. The molecule has 0 heterocycles. The second-order valence-corrected chi connectivity index (χ2v) is 3.66. The smallest absolute Gasteiger partial charge is 0.120 e. The van der Waals surface area contributed by atoms with Gasteiger partial charge in [0, 0.05) is 11.4 Å². The Labute approximate surface area is 88.8 Å². The third-order valence-electron chi connectivity index (χ3n) is 2.15. The molecule has 2 nitrogen and oxygen atoms in total. The molecule has 0 aliphatic heterocycles. The Bertz CT molecular complexity index is 323. The summed E-state index contributed by atoms with van der Waals surface area (Å²) in [4.78, 5) is 10.4. The van der Waals surface area contributed by atoms with Crippen LogP contribution < -0.4 is 4.74 Å². The number of hydrogen-bond donors (Lipinski definition) is 0. The van der Waals surface area contributed by atoms with Crippen LogP contribution in [0.2, 0.25) is 5.02 Å². The van der Waals surface area contributed by atoms with Gasteiger partial charge in [-0.25, -0.2) is 0 Å². The molecule has 1 atom stereocenters. The first-order chi connectivity index (χ1) is 6.67. The number of benzene rings is 1. The molecule has 0 aromatic heterocycles. The third kappa shape index (κ3) is 2.74. The van der Waals surface area contributed by atoms with Crippen LogP contribution in [0.5, 0.6) is 5.75 Å². The molecule has 0 radical (unpaired) electrons. The molecule has 0 fully saturated rings. The monoisotopic (exact) mass is 212 g/mol. The van der Waals surface area contributed by atoms with Crippen LogP contribution in [-0.2, 0) is 4.79 Å². The van der Waals surface area contributed by atoms with E-state index in [-0.39, 0.29) is 5.92 Å². The molecule has 14 heavy (non-hydrogen) atoms. The van der Waals surface area contributed by atoms with E-state index in [4.69, 9.17) is 16.3 Å². The molecule has 0 saturated carbocycles. The summed E-state index contributed by atoms with van der Waals surface area (Å²) in [5.74, 6) is 0.908. The van der Waals surface area contributed by atoms with Crippen LogP contribution in [-0.4, -0.2) is 13.4 Å². The summed E-state index contributed by atoms with van der Waals surface area (Å²) in [7, 11) is 1.60. The van der Waals surface area contributed by atoms with Gasteiger partial charge < -0.3 is 9.53 Å². The topological polar surface area (TPSA) is 26.3 Å². The zero-order valence-electron chi connectivity index (χ0n) is 8.29. The maximum Gasteiger partial charge on any atom is 0.120 e. The summed E-state index contributed by atoms with van der Waals surface area (Å²) < 4.78 is 5.09. The summed E-state index contributed by atoms with van der Waals surface area (Å²) in [5.41, 5.74) is 1.03. The van der Waals surface area contributed by atoms with Gasteiger partial charge in [-0.05, 0) is 29.7 Å². The van der Waals surface area contributed by atoms with Crippen molar-refractivity contribution in [2.45, 2.75) is 19.3 Å². The average molecular weight is 213 g/mol. The molecule has 1 rings (SSSR count). The molecule has 0 saturated heterocycles. The van der Waals surface area contributed by atoms with E-state index < -0.39 is 0 Å². The van der Waals surface area contributed by atoms with E-state index in [1.165, 1.54) is 0 Å². The SMILES string of the molecule is COc1cc(Cl)cc(C(C)CC=O)c1. The fraction of sp³-hybridized carbons (Fsp3) is 0.364. The van der Waals surface area contributed by atoms with Crippen LogP contribution in [0.25, 0.3) is 0 Å². The molecule has 0 amide bonds. The fourth-order valence-corrected chi connectivity index (χ4v) is 1.50. The number of halogens is 1. The number of ether oxygens (including phenoxy) is 1. The Morgan fingerprint density at radius 1 is 1.50 bits per heavy atom. The number of hydrogen-bond acceptors (Lipinski definition) is 2. The lowest BCUT2D eigenvalue weighted by Gasteiger charge is -2.10. The molecule has 0 aliphatic rings. The molecule has 0 bridgehead atoms. The van der Waals surface area contributed by atoms with Crippen molar-refractivity contribution in [2.24, 2.45) is 0 Å². The van der Waals surface area contributed by atoms with Gasteiger partial charge in [0.05, 0.1) is 7.11 Å². The second kappa shape index (κ2) is 5.01. The predicted molar refractivity (Wildman–Crippen MR) is 57.1 cm³/mol. The number of aldehydes is 1. The van der Waals surface area contributed by atoms with Crippen molar-refractivity contribution in [3.63, 3.8) is 0 Å². The Kier molecular flexibility index (Phi) is 3.96. The van der Waals surface area contributed by atoms with Crippen molar-refractivity contribution in [1.82, 2.24) is 0 Å². The predicted octanol–water partition coefficient (Wildman–Crippen LogP) is 3.04. The average Bonchev–Trinajstić information content (AvgIpc) is 2.17. The highest BCUT2D eigenvalue weighted by Gasteiger charge is 2.07. The van der Waals surface area contributed by atoms with Gasteiger partial charge in [0.2, 0.25) is 0 Å². The third-order valence-corrected chi connectivity index (χ3v) is 2.37.